The first-order chi connectivity index (χ1) is 5.86. The Bertz CT molecular complexity index is 147. The Hall–Kier alpha value is -0.120. The van der Waals surface area contributed by atoms with Crippen LogP contribution in [0.25, 0.3) is 0 Å². The summed E-state index contributed by atoms with van der Waals surface area (Å²) in [4.78, 5) is 0. The van der Waals surface area contributed by atoms with Crippen molar-refractivity contribution in [3.8, 4) is 0 Å². The van der Waals surface area contributed by atoms with Gasteiger partial charge in [0.25, 0.3) is 0 Å². The number of hydrogen-bond donors (Lipinski definition) is 2. The van der Waals surface area contributed by atoms with E-state index in [1.807, 2.05) is 0 Å². The minimum Gasteiger partial charge on any atom is -0.380 e. The van der Waals surface area contributed by atoms with E-state index < -0.39 is 0 Å². The van der Waals surface area contributed by atoms with Crippen molar-refractivity contribution in [2.45, 2.75) is 43.8 Å². The van der Waals surface area contributed by atoms with Crippen LogP contribution in [-0.4, -0.2) is 31.3 Å². The van der Waals surface area contributed by atoms with Crippen LogP contribution < -0.4 is 11.1 Å². The van der Waals surface area contributed by atoms with Crippen molar-refractivity contribution < 1.29 is 4.74 Å². The first-order valence-corrected chi connectivity index (χ1v) is 4.95. The molecule has 3 N–H and O–H groups in total. The summed E-state index contributed by atoms with van der Waals surface area (Å²) in [5.41, 5.74) is 5.92. The molecule has 2 fully saturated rings. The highest BCUT2D eigenvalue weighted by Crippen LogP contribution is 2.20. The van der Waals surface area contributed by atoms with E-state index in [-0.39, 0.29) is 6.04 Å². The Morgan fingerprint density at radius 2 is 2.08 bits per heavy atom. The predicted octanol–water partition coefficient (Wildman–Crippen LogP) is 0.245. The summed E-state index contributed by atoms with van der Waals surface area (Å²) in [6.07, 6.45) is 5.14. The van der Waals surface area contributed by atoms with Gasteiger partial charge in [0, 0.05) is 24.7 Å². The second kappa shape index (κ2) is 3.73. The summed E-state index contributed by atoms with van der Waals surface area (Å²) in [5.74, 6) is 0. The van der Waals surface area contributed by atoms with Gasteiger partial charge in [-0.25, -0.2) is 0 Å². The maximum atomic E-state index is 5.92. The Labute approximate surface area is 73.7 Å². The summed E-state index contributed by atoms with van der Waals surface area (Å²) in [6.45, 7) is 1.60. The number of hydrogen-bond acceptors (Lipinski definition) is 3. The summed E-state index contributed by atoms with van der Waals surface area (Å²) in [6, 6.07) is 1.46. The van der Waals surface area contributed by atoms with Crippen LogP contribution in [0.1, 0.15) is 25.7 Å². The molecular weight excluding hydrogens is 152 g/mol. The van der Waals surface area contributed by atoms with Gasteiger partial charge < -0.3 is 15.8 Å². The maximum Gasteiger partial charge on any atom is 0.0632 e. The maximum absolute atomic E-state index is 5.92. The molecule has 0 bridgehead atoms. The fourth-order valence-electron chi connectivity index (χ4n) is 1.84. The standard InChI is InChI=1S/C9H18N2O/c10-8-6-12-5-4-9(8)11-7-2-1-3-7/h7-9,11H,1-6,10H2/t8-,9?/m1/s1. The zero-order valence-corrected chi connectivity index (χ0v) is 7.46. The lowest BCUT2D eigenvalue weighted by Crippen LogP contribution is -2.55. The van der Waals surface area contributed by atoms with Gasteiger partial charge in [-0.1, -0.05) is 6.42 Å². The fraction of sp³-hybridized carbons (Fsp3) is 1.00. The highest BCUT2D eigenvalue weighted by molar-refractivity contribution is 4.88. The zero-order chi connectivity index (χ0) is 8.39. The summed E-state index contributed by atoms with van der Waals surface area (Å²) in [7, 11) is 0. The van der Waals surface area contributed by atoms with Gasteiger partial charge in [0.1, 0.15) is 0 Å². The molecule has 2 aliphatic rings. The van der Waals surface area contributed by atoms with Crippen molar-refractivity contribution in [3.05, 3.63) is 0 Å². The third-order valence-electron chi connectivity index (χ3n) is 2.96. The summed E-state index contributed by atoms with van der Waals surface area (Å²) < 4.78 is 5.28. The zero-order valence-electron chi connectivity index (χ0n) is 7.46. The molecule has 1 saturated heterocycles. The molecule has 12 heavy (non-hydrogen) atoms. The SMILES string of the molecule is N[C@@H]1COCCC1NC1CCC1. The van der Waals surface area contributed by atoms with Crippen LogP contribution in [0.3, 0.4) is 0 Å². The molecular formula is C9H18N2O. The fourth-order valence-corrected chi connectivity index (χ4v) is 1.84. The largest absolute Gasteiger partial charge is 0.380 e. The van der Waals surface area contributed by atoms with Gasteiger partial charge in [0.15, 0.2) is 0 Å². The molecule has 0 radical (unpaired) electrons. The Morgan fingerprint density at radius 1 is 1.25 bits per heavy atom. The predicted molar refractivity (Wildman–Crippen MR) is 48.0 cm³/mol. The van der Waals surface area contributed by atoms with E-state index in [1.54, 1.807) is 0 Å². The molecule has 1 heterocycles. The van der Waals surface area contributed by atoms with E-state index in [0.717, 1.165) is 25.7 Å². The van der Waals surface area contributed by atoms with Gasteiger partial charge in [0.2, 0.25) is 0 Å². The smallest absolute Gasteiger partial charge is 0.0632 e. The quantitative estimate of drug-likeness (QED) is 0.624. The molecule has 70 valence electrons. The van der Waals surface area contributed by atoms with Crippen LogP contribution in [0.15, 0.2) is 0 Å². The second-order valence-corrected chi connectivity index (χ2v) is 3.93. The highest BCUT2D eigenvalue weighted by atomic mass is 16.5. The molecule has 0 amide bonds. The van der Waals surface area contributed by atoms with Crippen molar-refractivity contribution in [2.24, 2.45) is 5.73 Å². The third kappa shape index (κ3) is 1.79. The van der Waals surface area contributed by atoms with E-state index in [9.17, 15) is 0 Å². The lowest BCUT2D eigenvalue weighted by molar-refractivity contribution is 0.0552. The number of ether oxygens (including phenoxy) is 1. The van der Waals surface area contributed by atoms with Gasteiger partial charge in [-0.05, 0) is 19.3 Å². The number of nitrogens with one attached hydrogen (secondary N) is 1. The van der Waals surface area contributed by atoms with Gasteiger partial charge in [-0.3, -0.25) is 0 Å². The molecule has 1 aliphatic carbocycles. The molecule has 1 unspecified atom stereocenters. The lowest BCUT2D eigenvalue weighted by atomic mass is 9.91. The first kappa shape index (κ1) is 8.48. The van der Waals surface area contributed by atoms with E-state index in [0.29, 0.717) is 6.04 Å². The molecule has 0 aromatic rings. The van der Waals surface area contributed by atoms with Gasteiger partial charge in [0.05, 0.1) is 6.61 Å². The van der Waals surface area contributed by atoms with Crippen LogP contribution in [0, 0.1) is 0 Å². The second-order valence-electron chi connectivity index (χ2n) is 3.93. The van der Waals surface area contributed by atoms with Crippen molar-refractivity contribution in [2.75, 3.05) is 13.2 Å². The number of rotatable bonds is 2. The van der Waals surface area contributed by atoms with Crippen molar-refractivity contribution in [1.29, 1.82) is 0 Å². The molecule has 1 saturated carbocycles. The third-order valence-corrected chi connectivity index (χ3v) is 2.96. The van der Waals surface area contributed by atoms with Gasteiger partial charge >= 0.3 is 0 Å². The van der Waals surface area contributed by atoms with Crippen LogP contribution >= 0.6 is 0 Å². The monoisotopic (exact) mass is 170 g/mol. The van der Waals surface area contributed by atoms with E-state index >= 15 is 0 Å². The molecule has 1 aliphatic heterocycles. The van der Waals surface area contributed by atoms with Crippen molar-refractivity contribution in [1.82, 2.24) is 5.32 Å². The average Bonchev–Trinajstić information content (AvgIpc) is 2.00. The molecule has 3 heteroatoms. The first-order valence-electron chi connectivity index (χ1n) is 4.95. The average molecular weight is 170 g/mol. The Morgan fingerprint density at radius 3 is 2.67 bits per heavy atom. The van der Waals surface area contributed by atoms with Gasteiger partial charge in [-0.2, -0.15) is 0 Å². The van der Waals surface area contributed by atoms with E-state index in [1.165, 1.54) is 19.3 Å². The summed E-state index contributed by atoms with van der Waals surface area (Å²) in [5, 5.41) is 3.60. The molecule has 0 aromatic carbocycles. The minimum atomic E-state index is 0.208. The van der Waals surface area contributed by atoms with Crippen LogP contribution in [-0.2, 0) is 4.74 Å². The molecule has 0 aromatic heterocycles. The molecule has 0 spiro atoms. The Kier molecular flexibility index (Phi) is 2.63. The summed E-state index contributed by atoms with van der Waals surface area (Å²) >= 11 is 0. The lowest BCUT2D eigenvalue weighted by Gasteiger charge is -2.36. The van der Waals surface area contributed by atoms with E-state index in [2.05, 4.69) is 5.32 Å². The van der Waals surface area contributed by atoms with Crippen molar-refractivity contribution in [3.63, 3.8) is 0 Å². The van der Waals surface area contributed by atoms with Crippen LogP contribution in [0.5, 0.6) is 0 Å². The van der Waals surface area contributed by atoms with Crippen molar-refractivity contribution >= 4 is 0 Å². The molecule has 2 rings (SSSR count). The van der Waals surface area contributed by atoms with Crippen LogP contribution in [0.4, 0.5) is 0 Å². The van der Waals surface area contributed by atoms with E-state index in [4.69, 9.17) is 10.5 Å². The molecule has 2 atom stereocenters. The highest BCUT2D eigenvalue weighted by Gasteiger charge is 2.26. The van der Waals surface area contributed by atoms with Gasteiger partial charge in [-0.15, -0.1) is 0 Å². The molecule has 3 nitrogen and oxygen atoms in total. The van der Waals surface area contributed by atoms with Crippen LogP contribution in [0.2, 0.25) is 0 Å². The normalized spacial score (nSPS) is 37.8. The Balaban J connectivity index is 1.76. The number of nitrogens with two attached hydrogens (primary N) is 1. The minimum absolute atomic E-state index is 0.208. The topological polar surface area (TPSA) is 47.3 Å².